The fraction of sp³-hybridized carbons (Fsp3) is 0.100. The van der Waals surface area contributed by atoms with E-state index in [-0.39, 0.29) is 11.3 Å². The van der Waals surface area contributed by atoms with Gasteiger partial charge in [0.05, 0.1) is 4.92 Å². The summed E-state index contributed by atoms with van der Waals surface area (Å²) >= 11 is 0. The van der Waals surface area contributed by atoms with Gasteiger partial charge in [0.2, 0.25) is 0 Å². The molecule has 0 heterocycles. The zero-order chi connectivity index (χ0) is 19.4. The number of hydrogen-bond donors (Lipinski definition) is 1. The fourth-order valence-corrected chi connectivity index (χ4v) is 5.55. The zero-order valence-corrected chi connectivity index (χ0v) is 15.1. The zero-order valence-electron chi connectivity index (χ0n) is 14.2. The summed E-state index contributed by atoms with van der Waals surface area (Å²) in [4.78, 5) is 10.2. The Kier molecular flexibility index (Phi) is 5.49. The Morgan fingerprint density at radius 2 is 1.30 bits per heavy atom. The third-order valence-electron chi connectivity index (χ3n) is 4.33. The molecule has 3 aromatic rings. The summed E-state index contributed by atoms with van der Waals surface area (Å²) < 4.78 is 29.4. The van der Waals surface area contributed by atoms with Crippen LogP contribution in [0.2, 0.25) is 0 Å². The van der Waals surface area contributed by atoms with Crippen LogP contribution < -0.4 is 10.6 Å². The van der Waals surface area contributed by atoms with Crippen LogP contribution >= 0.6 is 7.14 Å². The molecule has 1 N–H and O–H groups in total. The monoisotopic (exact) mass is 385 g/mol. The van der Waals surface area contributed by atoms with Crippen molar-refractivity contribution in [2.45, 2.75) is 12.0 Å². The van der Waals surface area contributed by atoms with Crippen LogP contribution in [0.5, 0.6) is 0 Å². The molecule has 0 aliphatic rings. The second-order valence-corrected chi connectivity index (χ2v) is 8.84. The minimum atomic E-state index is -3.82. The number of aliphatic hydroxyl groups is 1. The Bertz CT molecular complexity index is 921. The average molecular weight is 385 g/mol. The molecule has 0 aliphatic carbocycles. The van der Waals surface area contributed by atoms with Gasteiger partial charge in [0, 0.05) is 22.7 Å². The van der Waals surface area contributed by atoms with E-state index in [0.29, 0.717) is 10.6 Å². The molecular formula is C20H17FNO4P. The molecule has 0 spiro atoms. The van der Waals surface area contributed by atoms with Gasteiger partial charge in [-0.05, 0) is 17.7 Å². The van der Waals surface area contributed by atoms with E-state index in [1.54, 1.807) is 60.7 Å². The minimum Gasteiger partial charge on any atom is -0.385 e. The SMILES string of the molecule is O=[N+]([O-])c1ccc([C@H](O)[C@H](F)P(=O)(c2ccccc2)c2ccccc2)cc1. The number of non-ortho nitro benzene ring substituents is 1. The highest BCUT2D eigenvalue weighted by Gasteiger charge is 2.42. The molecule has 5 nitrogen and oxygen atoms in total. The van der Waals surface area contributed by atoms with Crippen molar-refractivity contribution >= 4 is 23.4 Å². The van der Waals surface area contributed by atoms with E-state index < -0.39 is 24.1 Å². The predicted octanol–water partition coefficient (Wildman–Crippen LogP) is 3.94. The summed E-state index contributed by atoms with van der Waals surface area (Å²) in [6, 6.07) is 21.3. The average Bonchev–Trinajstić information content (AvgIpc) is 2.73. The quantitative estimate of drug-likeness (QED) is 0.396. The Morgan fingerprint density at radius 1 is 0.852 bits per heavy atom. The first-order valence-electron chi connectivity index (χ1n) is 8.22. The number of aliphatic hydroxyl groups excluding tert-OH is 1. The van der Waals surface area contributed by atoms with Gasteiger partial charge >= 0.3 is 0 Å². The van der Waals surface area contributed by atoms with Gasteiger partial charge in [-0.1, -0.05) is 60.7 Å². The second-order valence-electron chi connectivity index (χ2n) is 6.00. The third-order valence-corrected chi connectivity index (χ3v) is 7.44. The molecule has 0 aromatic heterocycles. The molecule has 0 aliphatic heterocycles. The van der Waals surface area contributed by atoms with Crippen LogP contribution in [0.25, 0.3) is 0 Å². The number of hydrogen-bond acceptors (Lipinski definition) is 4. The predicted molar refractivity (Wildman–Crippen MR) is 103 cm³/mol. The van der Waals surface area contributed by atoms with Crippen molar-refractivity contribution in [1.29, 1.82) is 0 Å². The maximum absolute atomic E-state index is 15.5. The minimum absolute atomic E-state index is 0.125. The largest absolute Gasteiger partial charge is 0.385 e. The lowest BCUT2D eigenvalue weighted by atomic mass is 10.1. The maximum Gasteiger partial charge on any atom is 0.269 e. The van der Waals surface area contributed by atoms with Gasteiger partial charge in [-0.25, -0.2) is 4.39 Å². The highest BCUT2D eigenvalue weighted by atomic mass is 31.2. The first-order valence-corrected chi connectivity index (χ1v) is 9.99. The summed E-state index contributed by atoms with van der Waals surface area (Å²) in [7, 11) is -3.82. The number of nitro groups is 1. The number of alkyl halides is 1. The van der Waals surface area contributed by atoms with Crippen molar-refractivity contribution in [3.05, 3.63) is 101 Å². The Morgan fingerprint density at radius 3 is 1.70 bits per heavy atom. The number of benzene rings is 3. The number of nitro benzene ring substituents is 1. The number of halogens is 1. The van der Waals surface area contributed by atoms with Gasteiger partial charge in [-0.2, -0.15) is 0 Å². The smallest absolute Gasteiger partial charge is 0.269 e. The van der Waals surface area contributed by atoms with E-state index in [0.717, 1.165) is 0 Å². The van der Waals surface area contributed by atoms with Crippen LogP contribution in [-0.2, 0) is 4.57 Å². The Hall–Kier alpha value is -2.82. The van der Waals surface area contributed by atoms with E-state index >= 15 is 4.39 Å². The van der Waals surface area contributed by atoms with E-state index in [2.05, 4.69) is 0 Å². The molecule has 3 rings (SSSR count). The van der Waals surface area contributed by atoms with Crippen LogP contribution in [0.15, 0.2) is 84.9 Å². The van der Waals surface area contributed by atoms with Crippen LogP contribution in [0, 0.1) is 10.1 Å². The van der Waals surface area contributed by atoms with Crippen molar-refractivity contribution in [1.82, 2.24) is 0 Å². The highest BCUT2D eigenvalue weighted by molar-refractivity contribution is 7.79. The number of nitrogens with zero attached hydrogens (tertiary/aromatic N) is 1. The standard InChI is InChI=1S/C20H17FNO4P/c21-20(19(23)15-11-13-16(14-12-15)22(24)25)27(26,17-7-3-1-4-8-17)18-9-5-2-6-10-18/h1-14,19-20,23H/t19-,20+/m0/s1. The van der Waals surface area contributed by atoms with Gasteiger partial charge in [0.15, 0.2) is 13.1 Å². The molecule has 0 radical (unpaired) electrons. The maximum atomic E-state index is 15.5. The molecule has 0 fully saturated rings. The van der Waals surface area contributed by atoms with Gasteiger partial charge in [0.25, 0.3) is 5.69 Å². The van der Waals surface area contributed by atoms with E-state index in [9.17, 15) is 19.8 Å². The number of rotatable bonds is 6. The normalized spacial score (nSPS) is 13.7. The first-order chi connectivity index (χ1) is 12.9. The van der Waals surface area contributed by atoms with Crippen LogP contribution in [-0.4, -0.2) is 15.9 Å². The molecule has 138 valence electrons. The summed E-state index contributed by atoms with van der Waals surface area (Å²) in [5, 5.41) is 21.9. The summed E-state index contributed by atoms with van der Waals surface area (Å²) in [6.07, 6.45) is -1.70. The topological polar surface area (TPSA) is 80.4 Å². The molecular weight excluding hydrogens is 368 g/mol. The molecule has 27 heavy (non-hydrogen) atoms. The van der Waals surface area contributed by atoms with E-state index in [4.69, 9.17) is 0 Å². The highest BCUT2D eigenvalue weighted by Crippen LogP contribution is 2.53. The summed E-state index contributed by atoms with van der Waals surface area (Å²) in [5.41, 5.74) is -0.0455. The van der Waals surface area contributed by atoms with Crippen molar-refractivity contribution in [2.24, 2.45) is 0 Å². The van der Waals surface area contributed by atoms with Crippen molar-refractivity contribution in [3.63, 3.8) is 0 Å². The summed E-state index contributed by atoms with van der Waals surface area (Å²) in [5.74, 6) is -2.11. The van der Waals surface area contributed by atoms with Gasteiger partial charge in [-0.15, -0.1) is 0 Å². The Labute approximate surface area is 155 Å². The molecule has 7 heteroatoms. The molecule has 2 atom stereocenters. The van der Waals surface area contributed by atoms with Crippen molar-refractivity contribution in [3.8, 4) is 0 Å². The first kappa shape index (κ1) is 19.0. The van der Waals surface area contributed by atoms with Crippen LogP contribution in [0.1, 0.15) is 11.7 Å². The molecule has 0 saturated carbocycles. The van der Waals surface area contributed by atoms with Gasteiger partial charge < -0.3 is 9.67 Å². The molecule has 3 aromatic carbocycles. The van der Waals surface area contributed by atoms with E-state index in [1.807, 2.05) is 0 Å². The third kappa shape index (κ3) is 3.68. The van der Waals surface area contributed by atoms with Crippen molar-refractivity contribution in [2.75, 3.05) is 0 Å². The van der Waals surface area contributed by atoms with Crippen LogP contribution in [0.4, 0.5) is 10.1 Å². The molecule has 0 unspecified atom stereocenters. The fourth-order valence-electron chi connectivity index (χ4n) is 2.88. The lowest BCUT2D eigenvalue weighted by Crippen LogP contribution is -2.27. The molecule has 0 bridgehead atoms. The van der Waals surface area contributed by atoms with E-state index in [1.165, 1.54) is 24.3 Å². The van der Waals surface area contributed by atoms with Gasteiger partial charge in [-0.3, -0.25) is 10.1 Å². The molecule has 0 saturated heterocycles. The van der Waals surface area contributed by atoms with Crippen LogP contribution in [0.3, 0.4) is 0 Å². The summed E-state index contributed by atoms with van der Waals surface area (Å²) in [6.45, 7) is 0. The lowest BCUT2D eigenvalue weighted by Gasteiger charge is -2.26. The lowest BCUT2D eigenvalue weighted by molar-refractivity contribution is -0.384. The van der Waals surface area contributed by atoms with Gasteiger partial charge in [0.1, 0.15) is 6.10 Å². The Balaban J connectivity index is 2.04. The second kappa shape index (κ2) is 7.82. The molecule has 0 amide bonds. The van der Waals surface area contributed by atoms with Crippen molar-refractivity contribution < 1.29 is 19.0 Å².